The van der Waals surface area contributed by atoms with Gasteiger partial charge in [0, 0.05) is 6.04 Å². The first-order chi connectivity index (χ1) is 7.19. The lowest BCUT2D eigenvalue weighted by atomic mass is 9.89. The average Bonchev–Trinajstić information content (AvgIpc) is 2.23. The summed E-state index contributed by atoms with van der Waals surface area (Å²) in [5.41, 5.74) is 9.00. The van der Waals surface area contributed by atoms with Gasteiger partial charge >= 0.3 is 0 Å². The predicted molar refractivity (Wildman–Crippen MR) is 66.9 cm³/mol. The fraction of sp³-hybridized carbons (Fsp3) is 0.571. The Hall–Kier alpha value is -0.820. The van der Waals surface area contributed by atoms with Crippen LogP contribution in [0, 0.1) is 12.8 Å². The second kappa shape index (κ2) is 5.92. The SMILES string of the molecule is CCC(CC)C(N)Cc1ccccc1C. The molecule has 0 saturated carbocycles. The Bertz CT molecular complexity index is 289. The molecule has 1 atom stereocenters. The fourth-order valence-electron chi connectivity index (χ4n) is 2.15. The minimum absolute atomic E-state index is 0.307. The van der Waals surface area contributed by atoms with Crippen LogP contribution in [-0.4, -0.2) is 6.04 Å². The minimum atomic E-state index is 0.307. The maximum atomic E-state index is 6.24. The summed E-state index contributed by atoms with van der Waals surface area (Å²) in [6, 6.07) is 8.84. The van der Waals surface area contributed by atoms with E-state index in [0.29, 0.717) is 12.0 Å². The van der Waals surface area contributed by atoms with Crippen molar-refractivity contribution in [1.82, 2.24) is 0 Å². The van der Waals surface area contributed by atoms with Gasteiger partial charge in [-0.25, -0.2) is 0 Å². The molecule has 15 heavy (non-hydrogen) atoms. The molecule has 0 saturated heterocycles. The standard InChI is InChI=1S/C14H23N/c1-4-12(5-2)14(15)10-13-9-7-6-8-11(13)3/h6-9,12,14H,4-5,10,15H2,1-3H3. The second-order valence-corrected chi connectivity index (χ2v) is 4.37. The van der Waals surface area contributed by atoms with E-state index < -0.39 is 0 Å². The van der Waals surface area contributed by atoms with Crippen molar-refractivity contribution in [2.75, 3.05) is 0 Å². The summed E-state index contributed by atoms with van der Waals surface area (Å²) in [6.07, 6.45) is 3.38. The molecule has 1 aromatic rings. The second-order valence-electron chi connectivity index (χ2n) is 4.37. The molecule has 0 aliphatic carbocycles. The highest BCUT2D eigenvalue weighted by atomic mass is 14.6. The summed E-state index contributed by atoms with van der Waals surface area (Å²) in [7, 11) is 0. The van der Waals surface area contributed by atoms with Crippen molar-refractivity contribution in [2.45, 2.75) is 46.1 Å². The molecule has 0 aromatic heterocycles. The highest BCUT2D eigenvalue weighted by molar-refractivity contribution is 5.26. The molecule has 2 N–H and O–H groups in total. The van der Waals surface area contributed by atoms with Gasteiger partial charge in [0.1, 0.15) is 0 Å². The molecule has 0 heterocycles. The van der Waals surface area contributed by atoms with Gasteiger partial charge in [0.15, 0.2) is 0 Å². The highest BCUT2D eigenvalue weighted by Gasteiger charge is 2.14. The zero-order valence-electron chi connectivity index (χ0n) is 10.2. The van der Waals surface area contributed by atoms with Crippen LogP contribution in [-0.2, 0) is 6.42 Å². The van der Waals surface area contributed by atoms with Crippen molar-refractivity contribution in [3.8, 4) is 0 Å². The number of nitrogens with two attached hydrogens (primary N) is 1. The predicted octanol–water partition coefficient (Wildman–Crippen LogP) is 3.30. The third-order valence-electron chi connectivity index (χ3n) is 3.37. The Morgan fingerprint density at radius 1 is 1.13 bits per heavy atom. The topological polar surface area (TPSA) is 26.0 Å². The molecule has 0 fully saturated rings. The van der Waals surface area contributed by atoms with Gasteiger partial charge < -0.3 is 5.73 Å². The molecule has 1 rings (SSSR count). The molecule has 0 bridgehead atoms. The van der Waals surface area contributed by atoms with E-state index in [1.54, 1.807) is 0 Å². The largest absolute Gasteiger partial charge is 0.327 e. The summed E-state index contributed by atoms with van der Waals surface area (Å²) < 4.78 is 0. The molecule has 84 valence electrons. The zero-order valence-corrected chi connectivity index (χ0v) is 10.2. The van der Waals surface area contributed by atoms with Crippen LogP contribution in [0.4, 0.5) is 0 Å². The molecule has 0 aliphatic rings. The van der Waals surface area contributed by atoms with Gasteiger partial charge in [0.05, 0.1) is 0 Å². The van der Waals surface area contributed by atoms with Crippen LogP contribution in [0.3, 0.4) is 0 Å². The number of benzene rings is 1. The first-order valence-corrected chi connectivity index (χ1v) is 5.99. The Kier molecular flexibility index (Phi) is 4.83. The third kappa shape index (κ3) is 3.35. The van der Waals surface area contributed by atoms with E-state index in [9.17, 15) is 0 Å². The highest BCUT2D eigenvalue weighted by Crippen LogP contribution is 2.17. The third-order valence-corrected chi connectivity index (χ3v) is 3.37. The van der Waals surface area contributed by atoms with Crippen molar-refractivity contribution < 1.29 is 0 Å². The van der Waals surface area contributed by atoms with Gasteiger partial charge in [0.25, 0.3) is 0 Å². The molecule has 0 aliphatic heterocycles. The van der Waals surface area contributed by atoms with Crippen LogP contribution < -0.4 is 5.73 Å². The minimum Gasteiger partial charge on any atom is -0.327 e. The van der Waals surface area contributed by atoms with Crippen molar-refractivity contribution in [3.63, 3.8) is 0 Å². The van der Waals surface area contributed by atoms with Crippen molar-refractivity contribution in [1.29, 1.82) is 0 Å². The van der Waals surface area contributed by atoms with Crippen LogP contribution in [0.2, 0.25) is 0 Å². The molecule has 1 aromatic carbocycles. The lowest BCUT2D eigenvalue weighted by Gasteiger charge is -2.21. The number of rotatable bonds is 5. The molecule has 0 spiro atoms. The van der Waals surface area contributed by atoms with Gasteiger partial charge in [-0.2, -0.15) is 0 Å². The van der Waals surface area contributed by atoms with Gasteiger partial charge in [-0.15, -0.1) is 0 Å². The van der Waals surface area contributed by atoms with Crippen LogP contribution in [0.25, 0.3) is 0 Å². The summed E-state index contributed by atoms with van der Waals surface area (Å²) in [4.78, 5) is 0. The van der Waals surface area contributed by atoms with Crippen molar-refractivity contribution in [2.24, 2.45) is 11.7 Å². The van der Waals surface area contributed by atoms with Crippen LogP contribution in [0.15, 0.2) is 24.3 Å². The fourth-order valence-corrected chi connectivity index (χ4v) is 2.15. The monoisotopic (exact) mass is 205 g/mol. The maximum absolute atomic E-state index is 6.24. The smallest absolute Gasteiger partial charge is 0.0108 e. The first kappa shape index (κ1) is 12.3. The van der Waals surface area contributed by atoms with Crippen LogP contribution in [0.1, 0.15) is 37.8 Å². The summed E-state index contributed by atoms with van der Waals surface area (Å²) in [5.74, 6) is 0.657. The van der Waals surface area contributed by atoms with Gasteiger partial charge in [-0.1, -0.05) is 51.0 Å². The normalized spacial score (nSPS) is 13.1. The van der Waals surface area contributed by atoms with E-state index in [-0.39, 0.29) is 0 Å². The molecule has 0 radical (unpaired) electrons. The maximum Gasteiger partial charge on any atom is 0.0108 e. The van der Waals surface area contributed by atoms with E-state index >= 15 is 0 Å². The average molecular weight is 205 g/mol. The Morgan fingerprint density at radius 3 is 2.27 bits per heavy atom. The summed E-state index contributed by atoms with van der Waals surface area (Å²) >= 11 is 0. The molecular formula is C14H23N. The van der Waals surface area contributed by atoms with E-state index in [2.05, 4.69) is 45.0 Å². The summed E-state index contributed by atoms with van der Waals surface area (Å²) in [6.45, 7) is 6.62. The quantitative estimate of drug-likeness (QED) is 0.784. The van der Waals surface area contributed by atoms with E-state index in [1.165, 1.54) is 24.0 Å². The molecule has 1 unspecified atom stereocenters. The Morgan fingerprint density at radius 2 is 1.73 bits per heavy atom. The molecule has 1 heteroatoms. The van der Waals surface area contributed by atoms with Crippen LogP contribution in [0.5, 0.6) is 0 Å². The van der Waals surface area contributed by atoms with Crippen molar-refractivity contribution in [3.05, 3.63) is 35.4 Å². The van der Waals surface area contributed by atoms with Gasteiger partial charge in [-0.05, 0) is 30.4 Å². The van der Waals surface area contributed by atoms with Crippen LogP contribution >= 0.6 is 0 Å². The van der Waals surface area contributed by atoms with E-state index in [4.69, 9.17) is 5.73 Å². The molecule has 1 nitrogen and oxygen atoms in total. The first-order valence-electron chi connectivity index (χ1n) is 5.99. The Labute approximate surface area is 93.7 Å². The number of hydrogen-bond donors (Lipinski definition) is 1. The van der Waals surface area contributed by atoms with Gasteiger partial charge in [-0.3, -0.25) is 0 Å². The lowest BCUT2D eigenvalue weighted by molar-refractivity contribution is 0.393. The van der Waals surface area contributed by atoms with E-state index in [0.717, 1.165) is 6.42 Å². The molecule has 0 amide bonds. The molecular weight excluding hydrogens is 182 g/mol. The lowest BCUT2D eigenvalue weighted by Crippen LogP contribution is -2.31. The number of hydrogen-bond acceptors (Lipinski definition) is 1. The zero-order chi connectivity index (χ0) is 11.3. The van der Waals surface area contributed by atoms with Gasteiger partial charge in [0.2, 0.25) is 0 Å². The number of aryl methyl sites for hydroxylation is 1. The van der Waals surface area contributed by atoms with Crippen molar-refractivity contribution >= 4 is 0 Å². The summed E-state index contributed by atoms with van der Waals surface area (Å²) in [5, 5.41) is 0. The Balaban J connectivity index is 2.65. The van der Waals surface area contributed by atoms with E-state index in [1.807, 2.05) is 0 Å².